The summed E-state index contributed by atoms with van der Waals surface area (Å²) in [4.78, 5) is 0. The van der Waals surface area contributed by atoms with Gasteiger partial charge in [-0.25, -0.2) is 0 Å². The molecular weight excluding hydrogens is 180 g/mol. The van der Waals surface area contributed by atoms with Crippen LogP contribution < -0.4 is 0 Å². The number of aliphatic hydroxyl groups is 2. The molecule has 0 saturated carbocycles. The average molecular weight is 204 g/mol. The monoisotopic (exact) mass is 204 g/mol. The maximum Gasteiger partial charge on any atom is 0.0568 e. The van der Waals surface area contributed by atoms with Crippen molar-refractivity contribution in [1.29, 1.82) is 0 Å². The molecule has 3 nitrogen and oxygen atoms in total. The Balaban J connectivity index is 4.95. The normalized spacial score (nSPS) is 13.7. The number of aliphatic hydroxyl groups excluding tert-OH is 2. The molecule has 0 spiro atoms. The van der Waals surface area contributed by atoms with Crippen LogP contribution in [0.25, 0.3) is 0 Å². The summed E-state index contributed by atoms with van der Waals surface area (Å²) in [6, 6.07) is 0. The summed E-state index contributed by atoms with van der Waals surface area (Å²) >= 11 is 0. The van der Waals surface area contributed by atoms with Crippen LogP contribution in [-0.2, 0) is 4.74 Å². The third kappa shape index (κ3) is 2.27. The molecule has 0 radical (unpaired) electrons. The predicted molar refractivity (Wildman–Crippen MR) is 57.1 cm³/mol. The minimum absolute atomic E-state index is 0.0531. The van der Waals surface area contributed by atoms with Gasteiger partial charge in [-0.05, 0) is 11.3 Å². The molecule has 0 aromatic heterocycles. The van der Waals surface area contributed by atoms with Gasteiger partial charge in [0.15, 0.2) is 0 Å². The van der Waals surface area contributed by atoms with Gasteiger partial charge in [-0.1, -0.05) is 27.7 Å². The first-order valence-corrected chi connectivity index (χ1v) is 5.08. The van der Waals surface area contributed by atoms with Crippen LogP contribution in [0.3, 0.4) is 0 Å². The van der Waals surface area contributed by atoms with Gasteiger partial charge in [0.2, 0.25) is 0 Å². The van der Waals surface area contributed by atoms with Crippen LogP contribution in [0.4, 0.5) is 0 Å². The fourth-order valence-corrected chi connectivity index (χ4v) is 1.62. The Bertz CT molecular complexity index is 160. The molecule has 0 amide bonds. The first-order valence-electron chi connectivity index (χ1n) is 5.08. The van der Waals surface area contributed by atoms with E-state index in [-0.39, 0.29) is 18.6 Å². The quantitative estimate of drug-likeness (QED) is 0.685. The SMILES string of the molecule is COCC(CO)(CO)C(C)(C)C(C)C. The molecule has 0 bridgehead atoms. The van der Waals surface area contributed by atoms with Crippen molar-refractivity contribution in [3.63, 3.8) is 0 Å². The molecule has 0 heterocycles. The fourth-order valence-electron chi connectivity index (χ4n) is 1.62. The highest BCUT2D eigenvalue weighted by Crippen LogP contribution is 2.44. The van der Waals surface area contributed by atoms with E-state index in [1.165, 1.54) is 0 Å². The van der Waals surface area contributed by atoms with Crippen molar-refractivity contribution < 1.29 is 14.9 Å². The van der Waals surface area contributed by atoms with Crippen LogP contribution in [-0.4, -0.2) is 37.1 Å². The molecule has 0 aliphatic rings. The molecule has 0 atom stereocenters. The summed E-state index contributed by atoms with van der Waals surface area (Å²) in [5.41, 5.74) is -0.720. The molecule has 0 aliphatic carbocycles. The summed E-state index contributed by atoms with van der Waals surface area (Å²) < 4.78 is 5.11. The molecule has 0 aromatic carbocycles. The zero-order chi connectivity index (χ0) is 11.4. The highest BCUT2D eigenvalue weighted by molar-refractivity contribution is 4.94. The molecule has 0 aromatic rings. The van der Waals surface area contributed by atoms with Gasteiger partial charge in [-0.3, -0.25) is 0 Å². The molecule has 86 valence electrons. The van der Waals surface area contributed by atoms with Crippen molar-refractivity contribution in [2.75, 3.05) is 26.9 Å². The molecule has 2 N–H and O–H groups in total. The number of hydrogen-bond acceptors (Lipinski definition) is 3. The van der Waals surface area contributed by atoms with E-state index in [1.807, 2.05) is 0 Å². The Morgan fingerprint density at radius 1 is 1.14 bits per heavy atom. The van der Waals surface area contributed by atoms with E-state index in [4.69, 9.17) is 4.74 Å². The second-order valence-electron chi connectivity index (χ2n) is 4.91. The van der Waals surface area contributed by atoms with E-state index < -0.39 is 5.41 Å². The maximum atomic E-state index is 9.45. The molecule has 0 aliphatic heterocycles. The van der Waals surface area contributed by atoms with E-state index in [2.05, 4.69) is 27.7 Å². The van der Waals surface area contributed by atoms with Crippen molar-refractivity contribution in [3.05, 3.63) is 0 Å². The maximum absolute atomic E-state index is 9.45. The number of hydrogen-bond donors (Lipinski definition) is 2. The fraction of sp³-hybridized carbons (Fsp3) is 1.00. The predicted octanol–water partition coefficient (Wildman–Crippen LogP) is 1.29. The van der Waals surface area contributed by atoms with Crippen LogP contribution in [0.15, 0.2) is 0 Å². The van der Waals surface area contributed by atoms with E-state index >= 15 is 0 Å². The van der Waals surface area contributed by atoms with Crippen LogP contribution >= 0.6 is 0 Å². The zero-order valence-electron chi connectivity index (χ0n) is 10.0. The first-order chi connectivity index (χ1) is 6.38. The lowest BCUT2D eigenvalue weighted by Gasteiger charge is -2.47. The summed E-state index contributed by atoms with van der Waals surface area (Å²) in [5, 5.41) is 18.9. The minimum Gasteiger partial charge on any atom is -0.396 e. The summed E-state index contributed by atoms with van der Waals surface area (Å²) in [6.07, 6.45) is 0. The largest absolute Gasteiger partial charge is 0.396 e. The lowest BCUT2D eigenvalue weighted by Crippen LogP contribution is -2.50. The minimum atomic E-state index is -0.560. The highest BCUT2D eigenvalue weighted by atomic mass is 16.5. The van der Waals surface area contributed by atoms with Crippen LogP contribution in [0.2, 0.25) is 0 Å². The molecule has 0 rings (SSSR count). The van der Waals surface area contributed by atoms with Gasteiger partial charge < -0.3 is 14.9 Å². The summed E-state index contributed by atoms with van der Waals surface area (Å²) in [7, 11) is 1.59. The molecule has 0 unspecified atom stereocenters. The van der Waals surface area contributed by atoms with Crippen molar-refractivity contribution in [2.45, 2.75) is 27.7 Å². The molecule has 14 heavy (non-hydrogen) atoms. The smallest absolute Gasteiger partial charge is 0.0568 e. The van der Waals surface area contributed by atoms with Crippen molar-refractivity contribution in [3.8, 4) is 0 Å². The van der Waals surface area contributed by atoms with Crippen molar-refractivity contribution in [2.24, 2.45) is 16.7 Å². The average Bonchev–Trinajstić information content (AvgIpc) is 2.13. The van der Waals surface area contributed by atoms with Gasteiger partial charge >= 0.3 is 0 Å². The zero-order valence-corrected chi connectivity index (χ0v) is 10.0. The standard InChI is InChI=1S/C11H24O3/c1-9(2)10(3,4)11(6-12,7-13)8-14-5/h9,12-13H,6-8H2,1-5H3. The topological polar surface area (TPSA) is 49.7 Å². The second-order valence-corrected chi connectivity index (χ2v) is 4.91. The van der Waals surface area contributed by atoms with Crippen molar-refractivity contribution >= 4 is 0 Å². The lowest BCUT2D eigenvalue weighted by atomic mass is 9.61. The Morgan fingerprint density at radius 2 is 1.57 bits per heavy atom. The van der Waals surface area contributed by atoms with Gasteiger partial charge in [0.1, 0.15) is 0 Å². The van der Waals surface area contributed by atoms with Crippen LogP contribution in [0, 0.1) is 16.7 Å². The number of ether oxygens (including phenoxy) is 1. The number of rotatable bonds is 6. The Hall–Kier alpha value is -0.120. The van der Waals surface area contributed by atoms with Crippen molar-refractivity contribution in [1.82, 2.24) is 0 Å². The van der Waals surface area contributed by atoms with E-state index in [0.29, 0.717) is 12.5 Å². The Kier molecular flexibility index (Phi) is 5.06. The summed E-state index contributed by atoms with van der Waals surface area (Å²) in [6.45, 7) is 8.58. The highest BCUT2D eigenvalue weighted by Gasteiger charge is 2.46. The van der Waals surface area contributed by atoms with E-state index in [0.717, 1.165) is 0 Å². The third-order valence-corrected chi connectivity index (χ3v) is 3.84. The van der Waals surface area contributed by atoms with Gasteiger partial charge in [0.05, 0.1) is 19.8 Å². The molecule has 0 saturated heterocycles. The van der Waals surface area contributed by atoms with E-state index in [1.54, 1.807) is 7.11 Å². The molecule has 0 fully saturated rings. The molecule has 3 heteroatoms. The lowest BCUT2D eigenvalue weighted by molar-refractivity contribution is -0.107. The van der Waals surface area contributed by atoms with E-state index in [9.17, 15) is 10.2 Å². The molecular formula is C11H24O3. The Morgan fingerprint density at radius 3 is 1.79 bits per heavy atom. The van der Waals surface area contributed by atoms with Crippen LogP contribution in [0.1, 0.15) is 27.7 Å². The van der Waals surface area contributed by atoms with Crippen LogP contribution in [0.5, 0.6) is 0 Å². The Labute approximate surface area is 87.1 Å². The van der Waals surface area contributed by atoms with Gasteiger partial charge in [0.25, 0.3) is 0 Å². The summed E-state index contributed by atoms with van der Waals surface area (Å²) in [5.74, 6) is 0.372. The third-order valence-electron chi connectivity index (χ3n) is 3.84. The number of methoxy groups -OCH3 is 1. The van der Waals surface area contributed by atoms with Gasteiger partial charge in [-0.2, -0.15) is 0 Å². The second kappa shape index (κ2) is 5.10. The van der Waals surface area contributed by atoms with Gasteiger partial charge in [0, 0.05) is 12.5 Å². The van der Waals surface area contributed by atoms with Gasteiger partial charge in [-0.15, -0.1) is 0 Å². The first kappa shape index (κ1) is 13.9.